The molecule has 3 nitrogen and oxygen atoms in total. The second kappa shape index (κ2) is 4.72. The number of rotatable bonds is 2. The van der Waals surface area contributed by atoms with Crippen molar-refractivity contribution in [1.82, 2.24) is 9.97 Å². The fourth-order valence-corrected chi connectivity index (χ4v) is 2.50. The molecular formula is C12H11BrClN3. The maximum Gasteiger partial charge on any atom is 0.115 e. The molecule has 1 heterocycles. The molecule has 0 amide bonds. The van der Waals surface area contributed by atoms with Crippen LogP contribution in [-0.4, -0.2) is 9.97 Å². The van der Waals surface area contributed by atoms with E-state index in [0.29, 0.717) is 5.02 Å². The summed E-state index contributed by atoms with van der Waals surface area (Å²) in [7, 11) is 0. The summed E-state index contributed by atoms with van der Waals surface area (Å²) in [5.41, 5.74) is 7.29. The Kier molecular flexibility index (Phi) is 3.47. The number of nitrogens with two attached hydrogens (primary N) is 1. The van der Waals surface area contributed by atoms with E-state index in [0.717, 1.165) is 15.6 Å². The Morgan fingerprint density at radius 1 is 1.29 bits per heavy atom. The first kappa shape index (κ1) is 12.5. The Morgan fingerprint density at radius 3 is 2.53 bits per heavy atom. The van der Waals surface area contributed by atoms with Crippen LogP contribution in [0.15, 0.2) is 41.4 Å². The highest BCUT2D eigenvalue weighted by Crippen LogP contribution is 2.32. The van der Waals surface area contributed by atoms with Gasteiger partial charge in [-0.1, -0.05) is 33.6 Å². The summed E-state index contributed by atoms with van der Waals surface area (Å²) in [5, 5.41) is 0.619. The SMILES string of the molecule is CC(N)(c1cncnc1)c1ccc(Br)cc1Cl. The zero-order chi connectivity index (χ0) is 12.5. The molecule has 1 aromatic heterocycles. The minimum atomic E-state index is -0.709. The molecule has 2 aromatic rings. The van der Waals surface area contributed by atoms with Crippen molar-refractivity contribution in [2.24, 2.45) is 5.73 Å². The van der Waals surface area contributed by atoms with Gasteiger partial charge in [0.1, 0.15) is 6.33 Å². The van der Waals surface area contributed by atoms with Crippen LogP contribution in [0.1, 0.15) is 18.1 Å². The molecule has 2 N–H and O–H groups in total. The molecule has 1 unspecified atom stereocenters. The van der Waals surface area contributed by atoms with Crippen molar-refractivity contribution in [2.45, 2.75) is 12.5 Å². The summed E-state index contributed by atoms with van der Waals surface area (Å²) in [4.78, 5) is 7.96. The maximum absolute atomic E-state index is 6.33. The van der Waals surface area contributed by atoms with Gasteiger partial charge in [-0.05, 0) is 24.6 Å². The predicted molar refractivity (Wildman–Crippen MR) is 71.8 cm³/mol. The number of benzene rings is 1. The van der Waals surface area contributed by atoms with Crippen molar-refractivity contribution >= 4 is 27.5 Å². The van der Waals surface area contributed by atoms with Gasteiger partial charge in [0.15, 0.2) is 0 Å². The van der Waals surface area contributed by atoms with Crippen LogP contribution in [-0.2, 0) is 5.54 Å². The molecule has 1 aromatic carbocycles. The molecule has 5 heteroatoms. The zero-order valence-electron chi connectivity index (χ0n) is 9.19. The van der Waals surface area contributed by atoms with E-state index in [1.54, 1.807) is 12.4 Å². The molecule has 0 aliphatic rings. The number of hydrogen-bond donors (Lipinski definition) is 1. The van der Waals surface area contributed by atoms with E-state index < -0.39 is 5.54 Å². The summed E-state index contributed by atoms with van der Waals surface area (Å²) < 4.78 is 0.923. The van der Waals surface area contributed by atoms with Crippen LogP contribution in [0.4, 0.5) is 0 Å². The second-order valence-electron chi connectivity index (χ2n) is 3.95. The first-order valence-electron chi connectivity index (χ1n) is 5.01. The fourth-order valence-electron chi connectivity index (χ4n) is 1.63. The topological polar surface area (TPSA) is 51.8 Å². The Morgan fingerprint density at radius 2 is 1.94 bits per heavy atom. The lowest BCUT2D eigenvalue weighted by atomic mass is 9.87. The van der Waals surface area contributed by atoms with Gasteiger partial charge in [-0.2, -0.15) is 0 Å². The molecule has 1 atom stereocenters. The highest BCUT2D eigenvalue weighted by atomic mass is 79.9. The van der Waals surface area contributed by atoms with Crippen LogP contribution in [0, 0.1) is 0 Å². The molecule has 17 heavy (non-hydrogen) atoms. The minimum Gasteiger partial charge on any atom is -0.318 e. The average Bonchev–Trinajstić information content (AvgIpc) is 2.29. The van der Waals surface area contributed by atoms with Gasteiger partial charge >= 0.3 is 0 Å². The molecule has 0 aliphatic carbocycles. The lowest BCUT2D eigenvalue weighted by Crippen LogP contribution is -2.34. The number of halogens is 2. The normalized spacial score (nSPS) is 14.4. The molecule has 0 spiro atoms. The van der Waals surface area contributed by atoms with E-state index in [2.05, 4.69) is 25.9 Å². The molecule has 2 rings (SSSR count). The average molecular weight is 313 g/mol. The fraction of sp³-hybridized carbons (Fsp3) is 0.167. The first-order chi connectivity index (χ1) is 8.01. The quantitative estimate of drug-likeness (QED) is 0.927. The van der Waals surface area contributed by atoms with Crippen LogP contribution in [0.3, 0.4) is 0 Å². The molecule has 0 saturated carbocycles. The van der Waals surface area contributed by atoms with E-state index in [1.165, 1.54) is 6.33 Å². The summed E-state index contributed by atoms with van der Waals surface area (Å²) in [6, 6.07) is 5.64. The Balaban J connectivity index is 2.52. The molecule has 0 saturated heterocycles. The number of nitrogens with zero attached hydrogens (tertiary/aromatic N) is 2. The highest BCUT2D eigenvalue weighted by molar-refractivity contribution is 9.10. The van der Waals surface area contributed by atoms with Gasteiger partial charge in [-0.25, -0.2) is 9.97 Å². The van der Waals surface area contributed by atoms with Crippen LogP contribution in [0.25, 0.3) is 0 Å². The van der Waals surface area contributed by atoms with Crippen LogP contribution in [0.5, 0.6) is 0 Å². The summed E-state index contributed by atoms with van der Waals surface area (Å²) in [6.45, 7) is 1.89. The third-order valence-corrected chi connectivity index (χ3v) is 3.46. The van der Waals surface area contributed by atoms with Gasteiger partial charge < -0.3 is 5.73 Å². The van der Waals surface area contributed by atoms with Crippen LogP contribution < -0.4 is 5.73 Å². The maximum atomic E-state index is 6.33. The third-order valence-electron chi connectivity index (χ3n) is 2.65. The lowest BCUT2D eigenvalue weighted by Gasteiger charge is -2.26. The van der Waals surface area contributed by atoms with Crippen molar-refractivity contribution in [1.29, 1.82) is 0 Å². The standard InChI is InChI=1S/C12H11BrClN3/c1-12(15,8-5-16-7-17-6-8)10-3-2-9(13)4-11(10)14/h2-7H,15H2,1H3. The second-order valence-corrected chi connectivity index (χ2v) is 5.28. The largest absolute Gasteiger partial charge is 0.318 e. The van der Waals surface area contributed by atoms with Gasteiger partial charge in [0.25, 0.3) is 0 Å². The van der Waals surface area contributed by atoms with Gasteiger partial charge in [-0.3, -0.25) is 0 Å². The van der Waals surface area contributed by atoms with Crippen molar-refractivity contribution in [2.75, 3.05) is 0 Å². The van der Waals surface area contributed by atoms with Gasteiger partial charge in [0.05, 0.1) is 5.54 Å². The molecular weight excluding hydrogens is 302 g/mol. The van der Waals surface area contributed by atoms with Crippen LogP contribution in [0.2, 0.25) is 5.02 Å². The molecule has 88 valence electrons. The zero-order valence-corrected chi connectivity index (χ0v) is 11.5. The highest BCUT2D eigenvalue weighted by Gasteiger charge is 2.26. The minimum absolute atomic E-state index is 0.619. The van der Waals surface area contributed by atoms with E-state index >= 15 is 0 Å². The number of hydrogen-bond acceptors (Lipinski definition) is 3. The number of aromatic nitrogens is 2. The van der Waals surface area contributed by atoms with E-state index in [-0.39, 0.29) is 0 Å². The van der Waals surface area contributed by atoms with Gasteiger partial charge in [0.2, 0.25) is 0 Å². The Hall–Kier alpha value is -0.970. The third kappa shape index (κ3) is 2.49. The summed E-state index contributed by atoms with van der Waals surface area (Å²) in [5.74, 6) is 0. The first-order valence-corrected chi connectivity index (χ1v) is 6.19. The van der Waals surface area contributed by atoms with Crippen molar-refractivity contribution in [3.8, 4) is 0 Å². The lowest BCUT2D eigenvalue weighted by molar-refractivity contribution is 0.597. The van der Waals surface area contributed by atoms with Crippen LogP contribution >= 0.6 is 27.5 Å². The van der Waals surface area contributed by atoms with Crippen molar-refractivity contribution < 1.29 is 0 Å². The Bertz CT molecular complexity index is 529. The molecule has 0 bridgehead atoms. The smallest absolute Gasteiger partial charge is 0.115 e. The molecule has 0 aliphatic heterocycles. The monoisotopic (exact) mass is 311 g/mol. The molecule has 0 radical (unpaired) electrons. The van der Waals surface area contributed by atoms with E-state index in [1.807, 2.05) is 25.1 Å². The van der Waals surface area contributed by atoms with Crippen molar-refractivity contribution in [3.05, 3.63) is 57.5 Å². The van der Waals surface area contributed by atoms with E-state index in [9.17, 15) is 0 Å². The summed E-state index contributed by atoms with van der Waals surface area (Å²) in [6.07, 6.45) is 4.87. The molecule has 0 fully saturated rings. The predicted octanol–water partition coefficient (Wildman–Crippen LogP) is 3.11. The van der Waals surface area contributed by atoms with E-state index in [4.69, 9.17) is 17.3 Å². The van der Waals surface area contributed by atoms with Gasteiger partial charge in [0, 0.05) is 27.5 Å². The Labute approximate surface area is 113 Å². The van der Waals surface area contributed by atoms with Gasteiger partial charge in [-0.15, -0.1) is 0 Å². The van der Waals surface area contributed by atoms with Crippen molar-refractivity contribution in [3.63, 3.8) is 0 Å². The summed E-state index contributed by atoms with van der Waals surface area (Å²) >= 11 is 9.58.